The van der Waals surface area contributed by atoms with Crippen LogP contribution in [-0.4, -0.2) is 33.5 Å². The summed E-state index contributed by atoms with van der Waals surface area (Å²) in [5.74, 6) is -0.0306. The van der Waals surface area contributed by atoms with Gasteiger partial charge >= 0.3 is 0 Å². The fourth-order valence-corrected chi connectivity index (χ4v) is 5.43. The molecule has 0 fully saturated rings. The minimum absolute atomic E-state index is 0.0446. The van der Waals surface area contributed by atoms with Crippen molar-refractivity contribution in [1.82, 2.24) is 5.32 Å². The third-order valence-electron chi connectivity index (χ3n) is 5.43. The maximum absolute atomic E-state index is 13.2. The number of fused-ring (bicyclic) bond motifs is 1. The average Bonchev–Trinajstić information content (AvgIpc) is 2.77. The first kappa shape index (κ1) is 20.5. The van der Waals surface area contributed by atoms with E-state index in [4.69, 9.17) is 4.74 Å². The number of benzene rings is 2. The van der Waals surface area contributed by atoms with Crippen LogP contribution in [0.5, 0.6) is 5.75 Å². The van der Waals surface area contributed by atoms with Crippen LogP contribution >= 0.6 is 0 Å². The number of nitrogens with zero attached hydrogens (tertiary/aromatic N) is 1. The van der Waals surface area contributed by atoms with E-state index in [0.29, 0.717) is 23.5 Å². The SMILES string of the molecule is O=C(NCC1=CCCCC1)C1CN(S(=O)(=O)Cc2ccccc2)c2ccccc2O1. The van der Waals surface area contributed by atoms with Crippen molar-refractivity contribution in [2.75, 3.05) is 17.4 Å². The van der Waals surface area contributed by atoms with Crippen molar-refractivity contribution in [1.29, 1.82) is 0 Å². The first-order valence-electron chi connectivity index (χ1n) is 10.3. The van der Waals surface area contributed by atoms with Gasteiger partial charge in [-0.05, 0) is 43.4 Å². The summed E-state index contributed by atoms with van der Waals surface area (Å²) in [7, 11) is -3.69. The van der Waals surface area contributed by atoms with Crippen molar-refractivity contribution in [2.45, 2.75) is 37.5 Å². The topological polar surface area (TPSA) is 75.7 Å². The molecule has 7 heteroatoms. The van der Waals surface area contributed by atoms with Crippen LogP contribution in [0.3, 0.4) is 0 Å². The van der Waals surface area contributed by atoms with Gasteiger partial charge in [0.25, 0.3) is 5.91 Å². The standard InChI is InChI=1S/C23H26N2O4S/c26-23(24-15-18-9-3-1-4-10-18)22-16-25(20-13-7-8-14-21(20)29-22)30(27,28)17-19-11-5-2-6-12-19/h2,5-9,11-14,22H,1,3-4,10,15-17H2,(H,24,26). The maximum atomic E-state index is 13.2. The minimum atomic E-state index is -3.69. The van der Waals surface area contributed by atoms with E-state index in [2.05, 4.69) is 11.4 Å². The van der Waals surface area contributed by atoms with Gasteiger partial charge in [0, 0.05) is 6.54 Å². The molecule has 30 heavy (non-hydrogen) atoms. The lowest BCUT2D eigenvalue weighted by molar-refractivity contribution is -0.127. The zero-order valence-electron chi connectivity index (χ0n) is 16.8. The molecule has 0 radical (unpaired) electrons. The summed E-state index contributed by atoms with van der Waals surface area (Å²) in [5.41, 5.74) is 2.39. The van der Waals surface area contributed by atoms with Crippen molar-refractivity contribution in [2.24, 2.45) is 0 Å². The molecule has 0 bridgehead atoms. The van der Waals surface area contributed by atoms with Crippen molar-refractivity contribution in [3.63, 3.8) is 0 Å². The molecule has 0 aromatic heterocycles. The van der Waals surface area contributed by atoms with E-state index in [9.17, 15) is 13.2 Å². The summed E-state index contributed by atoms with van der Waals surface area (Å²) in [5, 5.41) is 2.92. The minimum Gasteiger partial charge on any atom is -0.476 e. The average molecular weight is 427 g/mol. The summed E-state index contributed by atoms with van der Waals surface area (Å²) in [6, 6.07) is 16.0. The zero-order valence-corrected chi connectivity index (χ0v) is 17.6. The first-order valence-corrected chi connectivity index (χ1v) is 11.9. The van der Waals surface area contributed by atoms with Crippen molar-refractivity contribution >= 4 is 21.6 Å². The predicted molar refractivity (Wildman–Crippen MR) is 117 cm³/mol. The predicted octanol–water partition coefficient (Wildman–Crippen LogP) is 3.40. The number of hydrogen-bond donors (Lipinski definition) is 1. The Balaban J connectivity index is 1.53. The Morgan fingerprint density at radius 2 is 1.83 bits per heavy atom. The van der Waals surface area contributed by atoms with Crippen molar-refractivity contribution < 1.29 is 17.9 Å². The van der Waals surface area contributed by atoms with E-state index >= 15 is 0 Å². The highest BCUT2D eigenvalue weighted by Crippen LogP contribution is 2.35. The Morgan fingerprint density at radius 3 is 2.60 bits per heavy atom. The quantitative estimate of drug-likeness (QED) is 0.719. The Labute approximate surface area is 177 Å². The number of ether oxygens (including phenoxy) is 1. The summed E-state index contributed by atoms with van der Waals surface area (Å²) in [6.45, 7) is 0.439. The summed E-state index contributed by atoms with van der Waals surface area (Å²) >= 11 is 0. The van der Waals surface area contributed by atoms with Gasteiger partial charge < -0.3 is 10.1 Å². The highest BCUT2D eigenvalue weighted by Gasteiger charge is 2.36. The molecule has 2 aromatic carbocycles. The van der Waals surface area contributed by atoms with Crippen LogP contribution in [0.1, 0.15) is 31.2 Å². The molecule has 1 atom stereocenters. The Bertz CT molecular complexity index is 1030. The highest BCUT2D eigenvalue weighted by atomic mass is 32.2. The number of rotatable bonds is 6. The lowest BCUT2D eigenvalue weighted by Gasteiger charge is -2.34. The third kappa shape index (κ3) is 4.67. The molecule has 1 heterocycles. The molecular formula is C23H26N2O4S. The molecule has 0 saturated carbocycles. The molecule has 158 valence electrons. The molecule has 2 aromatic rings. The monoisotopic (exact) mass is 426 g/mol. The number of sulfonamides is 1. The third-order valence-corrected chi connectivity index (χ3v) is 7.15. The van der Waals surface area contributed by atoms with Crippen LogP contribution in [0, 0.1) is 0 Å². The molecule has 0 spiro atoms. The van der Waals surface area contributed by atoms with Crippen LogP contribution in [0.15, 0.2) is 66.2 Å². The molecule has 0 saturated heterocycles. The van der Waals surface area contributed by atoms with Gasteiger partial charge in [0.2, 0.25) is 10.0 Å². The molecule has 6 nitrogen and oxygen atoms in total. The van der Waals surface area contributed by atoms with Gasteiger partial charge in [0.15, 0.2) is 6.10 Å². The molecule has 4 rings (SSSR count). The fourth-order valence-electron chi connectivity index (χ4n) is 3.84. The van der Waals surface area contributed by atoms with E-state index < -0.39 is 16.1 Å². The van der Waals surface area contributed by atoms with E-state index in [-0.39, 0.29) is 18.2 Å². The van der Waals surface area contributed by atoms with Crippen LogP contribution in [0.2, 0.25) is 0 Å². The Morgan fingerprint density at radius 1 is 1.07 bits per heavy atom. The smallest absolute Gasteiger partial charge is 0.263 e. The number of anilines is 1. The normalized spacial score (nSPS) is 18.7. The number of amides is 1. The van der Waals surface area contributed by atoms with E-state index in [0.717, 1.165) is 19.3 Å². The molecule has 2 aliphatic rings. The van der Waals surface area contributed by atoms with Gasteiger partial charge in [0.05, 0.1) is 18.0 Å². The van der Waals surface area contributed by atoms with Gasteiger partial charge in [-0.2, -0.15) is 0 Å². The number of carbonyl (C=O) groups excluding carboxylic acids is 1. The number of carbonyl (C=O) groups is 1. The molecular weight excluding hydrogens is 400 g/mol. The zero-order chi connectivity index (χ0) is 21.0. The fraction of sp³-hybridized carbons (Fsp3) is 0.348. The summed E-state index contributed by atoms with van der Waals surface area (Å²) in [6.07, 6.45) is 5.65. The molecule has 1 amide bonds. The van der Waals surface area contributed by atoms with Gasteiger partial charge in [-0.25, -0.2) is 8.42 Å². The van der Waals surface area contributed by atoms with Crippen molar-refractivity contribution in [3.8, 4) is 5.75 Å². The Kier molecular flexibility index (Phi) is 6.08. The van der Waals surface area contributed by atoms with Gasteiger partial charge in [-0.3, -0.25) is 9.10 Å². The largest absolute Gasteiger partial charge is 0.476 e. The second-order valence-corrected chi connectivity index (χ2v) is 9.57. The van der Waals surface area contributed by atoms with Crippen LogP contribution in [0.25, 0.3) is 0 Å². The molecule has 1 unspecified atom stereocenters. The van der Waals surface area contributed by atoms with Gasteiger partial charge in [-0.15, -0.1) is 0 Å². The molecule has 1 aliphatic carbocycles. The van der Waals surface area contributed by atoms with Crippen LogP contribution in [-0.2, 0) is 20.6 Å². The summed E-state index contributed by atoms with van der Waals surface area (Å²) in [4.78, 5) is 12.8. The van der Waals surface area contributed by atoms with E-state index in [1.807, 2.05) is 18.2 Å². The van der Waals surface area contributed by atoms with E-state index in [1.54, 1.807) is 36.4 Å². The number of para-hydroxylation sites is 2. The van der Waals surface area contributed by atoms with Gasteiger partial charge in [0.1, 0.15) is 5.75 Å². The highest BCUT2D eigenvalue weighted by molar-refractivity contribution is 7.92. The molecule has 1 N–H and O–H groups in total. The van der Waals surface area contributed by atoms with Crippen molar-refractivity contribution in [3.05, 3.63) is 71.8 Å². The van der Waals surface area contributed by atoms with Gasteiger partial charge in [-0.1, -0.05) is 54.1 Å². The lowest BCUT2D eigenvalue weighted by Crippen LogP contribution is -2.51. The van der Waals surface area contributed by atoms with Crippen LogP contribution in [0.4, 0.5) is 5.69 Å². The van der Waals surface area contributed by atoms with Crippen LogP contribution < -0.4 is 14.4 Å². The number of nitrogens with one attached hydrogen (secondary N) is 1. The molecule has 1 aliphatic heterocycles. The Hall–Kier alpha value is -2.80. The summed E-state index contributed by atoms with van der Waals surface area (Å²) < 4.78 is 33.6. The lowest BCUT2D eigenvalue weighted by atomic mass is 10.00. The first-order chi connectivity index (χ1) is 14.5. The maximum Gasteiger partial charge on any atom is 0.263 e. The number of allylic oxidation sites excluding steroid dienone is 1. The van der Waals surface area contributed by atoms with E-state index in [1.165, 1.54) is 16.3 Å². The second-order valence-electron chi connectivity index (χ2n) is 7.67. The second kappa shape index (κ2) is 8.92. The number of hydrogen-bond acceptors (Lipinski definition) is 4.